The number of nitrogens with zero attached hydrogens (tertiary/aromatic N) is 1. The molecule has 0 spiro atoms. The van der Waals surface area contributed by atoms with Gasteiger partial charge in [-0.1, -0.05) is 23.7 Å². The molecule has 1 aromatic carbocycles. The molecule has 1 amide bonds. The largest absolute Gasteiger partial charge is 0.272 e. The van der Waals surface area contributed by atoms with E-state index in [9.17, 15) is 4.79 Å². The summed E-state index contributed by atoms with van der Waals surface area (Å²) in [5.41, 5.74) is 3.40. The molecule has 3 nitrogen and oxygen atoms in total. The topological polar surface area (TPSA) is 41.5 Å². The number of amides is 1. The van der Waals surface area contributed by atoms with Gasteiger partial charge in [0.05, 0.1) is 11.1 Å². The molecule has 1 atom stereocenters. The summed E-state index contributed by atoms with van der Waals surface area (Å²) in [6, 6.07) is 7.26. The minimum absolute atomic E-state index is 0.283. The molecule has 1 aliphatic rings. The molecule has 0 bridgehead atoms. The van der Waals surface area contributed by atoms with Crippen molar-refractivity contribution in [3.8, 4) is 0 Å². The number of alkyl halides is 3. The van der Waals surface area contributed by atoms with Gasteiger partial charge in [0.15, 0.2) is 0 Å². The van der Waals surface area contributed by atoms with Crippen LogP contribution >= 0.6 is 46.4 Å². The summed E-state index contributed by atoms with van der Waals surface area (Å²) < 4.78 is -1.01. The third-order valence-electron chi connectivity index (χ3n) is 3.78. The Morgan fingerprint density at radius 3 is 2.41 bits per heavy atom. The van der Waals surface area contributed by atoms with E-state index in [2.05, 4.69) is 10.5 Å². The fourth-order valence-electron chi connectivity index (χ4n) is 2.03. The van der Waals surface area contributed by atoms with Gasteiger partial charge in [0.1, 0.15) is 4.33 Å². The Morgan fingerprint density at radius 2 is 1.91 bits per heavy atom. The van der Waals surface area contributed by atoms with Gasteiger partial charge in [-0.2, -0.15) is 5.10 Å². The highest BCUT2D eigenvalue weighted by Gasteiger charge is 2.68. The van der Waals surface area contributed by atoms with Gasteiger partial charge in [0.2, 0.25) is 5.91 Å². The van der Waals surface area contributed by atoms with Crippen LogP contribution in [0.3, 0.4) is 0 Å². The summed E-state index contributed by atoms with van der Waals surface area (Å²) in [5, 5.41) is 4.87. The number of carbonyl (C=O) groups excluding carboxylic acids is 1. The minimum Gasteiger partial charge on any atom is -0.272 e. The number of hydrazone groups is 1. The Bertz CT molecular complexity index is 586. The second kappa shape index (κ2) is 6.96. The van der Waals surface area contributed by atoms with E-state index in [1.165, 1.54) is 0 Å². The van der Waals surface area contributed by atoms with Crippen LogP contribution in [-0.4, -0.2) is 21.8 Å². The summed E-state index contributed by atoms with van der Waals surface area (Å²) in [6.07, 6.45) is 1.82. The van der Waals surface area contributed by atoms with Gasteiger partial charge >= 0.3 is 0 Å². The molecule has 0 radical (unpaired) electrons. The van der Waals surface area contributed by atoms with E-state index in [1.807, 2.05) is 12.1 Å². The zero-order valence-corrected chi connectivity index (χ0v) is 15.0. The molecule has 1 N–H and O–H groups in total. The lowest BCUT2D eigenvalue weighted by atomic mass is 10.1. The van der Waals surface area contributed by atoms with E-state index in [1.54, 1.807) is 19.1 Å². The fraction of sp³-hybridized carbons (Fsp3) is 0.467. The smallest absolute Gasteiger partial charge is 0.249 e. The van der Waals surface area contributed by atoms with E-state index in [0.717, 1.165) is 17.7 Å². The van der Waals surface area contributed by atoms with Gasteiger partial charge in [0, 0.05) is 10.9 Å². The predicted octanol–water partition coefficient (Wildman–Crippen LogP) is 4.76. The molecule has 120 valence electrons. The predicted molar refractivity (Wildman–Crippen MR) is 93.2 cm³/mol. The second-order valence-corrected chi connectivity index (χ2v) is 7.81. The quantitative estimate of drug-likeness (QED) is 0.430. The molecule has 7 heteroatoms. The maximum absolute atomic E-state index is 12.2. The van der Waals surface area contributed by atoms with Crippen molar-refractivity contribution in [1.82, 2.24) is 5.43 Å². The third-order valence-corrected chi connectivity index (χ3v) is 5.40. The number of hydrogen-bond donors (Lipinski definition) is 1. The molecule has 1 saturated carbocycles. The van der Waals surface area contributed by atoms with Crippen LogP contribution in [0.5, 0.6) is 0 Å². The van der Waals surface area contributed by atoms with Crippen molar-refractivity contribution in [2.24, 2.45) is 10.5 Å². The van der Waals surface area contributed by atoms with Gasteiger partial charge in [-0.05, 0) is 43.9 Å². The van der Waals surface area contributed by atoms with Crippen molar-refractivity contribution in [3.05, 3.63) is 34.9 Å². The Balaban J connectivity index is 2.12. The average molecular weight is 382 g/mol. The summed E-state index contributed by atoms with van der Waals surface area (Å²) in [7, 11) is 0. The number of carbonyl (C=O) groups is 1. The molecule has 2 rings (SSSR count). The van der Waals surface area contributed by atoms with Crippen molar-refractivity contribution >= 4 is 58.0 Å². The summed E-state index contributed by atoms with van der Waals surface area (Å²) in [6.45, 7) is 1.72. The fourth-order valence-corrected chi connectivity index (χ4v) is 2.99. The molecule has 1 aliphatic carbocycles. The molecular weight excluding hydrogens is 366 g/mol. The van der Waals surface area contributed by atoms with Gasteiger partial charge in [-0.15, -0.1) is 34.8 Å². The Morgan fingerprint density at radius 1 is 1.32 bits per heavy atom. The number of rotatable bonds is 6. The van der Waals surface area contributed by atoms with Crippen LogP contribution in [0.2, 0.25) is 5.02 Å². The molecule has 0 unspecified atom stereocenters. The SMILES string of the molecule is C[C@@]1(C(=O)N/N=C(/CCCCl)c2ccc(Cl)cc2)CC1(Cl)Cl. The van der Waals surface area contributed by atoms with Crippen LogP contribution in [0.4, 0.5) is 0 Å². The lowest BCUT2D eigenvalue weighted by molar-refractivity contribution is -0.125. The van der Waals surface area contributed by atoms with Crippen LogP contribution in [-0.2, 0) is 4.79 Å². The van der Waals surface area contributed by atoms with Gasteiger partial charge < -0.3 is 0 Å². The molecule has 0 aromatic heterocycles. The molecule has 0 aliphatic heterocycles. The first-order valence-corrected chi connectivity index (χ1v) is 8.54. The van der Waals surface area contributed by atoms with Crippen LogP contribution in [0.15, 0.2) is 29.4 Å². The van der Waals surface area contributed by atoms with Crippen molar-refractivity contribution in [2.75, 3.05) is 5.88 Å². The van der Waals surface area contributed by atoms with E-state index in [4.69, 9.17) is 46.4 Å². The van der Waals surface area contributed by atoms with Crippen molar-refractivity contribution < 1.29 is 4.79 Å². The summed E-state index contributed by atoms with van der Waals surface area (Å²) >= 11 is 23.6. The average Bonchev–Trinajstić information content (AvgIpc) is 3.00. The first kappa shape index (κ1) is 17.9. The Kier molecular flexibility index (Phi) is 5.65. The van der Waals surface area contributed by atoms with Crippen molar-refractivity contribution in [2.45, 2.75) is 30.5 Å². The normalized spacial score (nSPS) is 23.2. The second-order valence-electron chi connectivity index (χ2n) is 5.51. The van der Waals surface area contributed by atoms with E-state index < -0.39 is 9.75 Å². The maximum Gasteiger partial charge on any atom is 0.249 e. The van der Waals surface area contributed by atoms with Crippen LogP contribution in [0.25, 0.3) is 0 Å². The molecular formula is C15H16Cl4N2O. The number of benzene rings is 1. The first-order valence-electron chi connectivity index (χ1n) is 6.87. The molecule has 0 saturated heterocycles. The van der Waals surface area contributed by atoms with Crippen molar-refractivity contribution in [3.63, 3.8) is 0 Å². The van der Waals surface area contributed by atoms with E-state index in [-0.39, 0.29) is 5.91 Å². The summed E-state index contributed by atoms with van der Waals surface area (Å²) in [5.74, 6) is 0.236. The monoisotopic (exact) mass is 380 g/mol. The minimum atomic E-state index is -1.01. The lowest BCUT2D eigenvalue weighted by Crippen LogP contribution is -2.30. The molecule has 22 heavy (non-hydrogen) atoms. The standard InChI is InChI=1S/C15H16Cl4N2O/c1-14(9-15(14,18)19)13(22)21-20-12(3-2-8-16)10-4-6-11(17)7-5-10/h4-7H,2-3,8-9H2,1H3,(H,21,22)/b20-12-/t14-/m0/s1. The van der Waals surface area contributed by atoms with E-state index in [0.29, 0.717) is 23.7 Å². The van der Waals surface area contributed by atoms with Gasteiger partial charge in [-0.3, -0.25) is 4.79 Å². The number of halogens is 4. The van der Waals surface area contributed by atoms with Crippen molar-refractivity contribution in [1.29, 1.82) is 0 Å². The highest BCUT2D eigenvalue weighted by Crippen LogP contribution is 2.63. The zero-order chi connectivity index (χ0) is 16.4. The van der Waals surface area contributed by atoms with E-state index >= 15 is 0 Å². The molecule has 1 aromatic rings. The molecule has 0 heterocycles. The van der Waals surface area contributed by atoms with Crippen LogP contribution < -0.4 is 5.43 Å². The van der Waals surface area contributed by atoms with Crippen LogP contribution in [0.1, 0.15) is 31.7 Å². The zero-order valence-electron chi connectivity index (χ0n) is 12.0. The lowest BCUT2D eigenvalue weighted by Gasteiger charge is -2.11. The third kappa shape index (κ3) is 3.88. The highest BCUT2D eigenvalue weighted by molar-refractivity contribution is 6.53. The Labute approximate surface area is 149 Å². The number of hydrogen-bond acceptors (Lipinski definition) is 2. The highest BCUT2D eigenvalue weighted by atomic mass is 35.5. The van der Waals surface area contributed by atoms with Gasteiger partial charge in [0.25, 0.3) is 0 Å². The first-order chi connectivity index (χ1) is 10.3. The number of nitrogens with one attached hydrogen (secondary N) is 1. The van der Waals surface area contributed by atoms with Gasteiger partial charge in [-0.25, -0.2) is 5.43 Å². The summed E-state index contributed by atoms with van der Waals surface area (Å²) in [4.78, 5) is 12.2. The Hall–Kier alpha value is -0.480. The van der Waals surface area contributed by atoms with Crippen LogP contribution in [0, 0.1) is 5.41 Å². The maximum atomic E-state index is 12.2. The molecule has 1 fully saturated rings.